The molecule has 2 aromatic carbocycles. The molecule has 2 N–H and O–H groups in total. The Balaban J connectivity index is 1.57. The Bertz CT molecular complexity index is 1310. The summed E-state index contributed by atoms with van der Waals surface area (Å²) in [6.07, 6.45) is 1.93. The highest BCUT2D eigenvalue weighted by molar-refractivity contribution is 6.42. The molecule has 2 amide bonds. The number of aromatic nitrogens is 2. The summed E-state index contributed by atoms with van der Waals surface area (Å²) < 4.78 is 6.47. The van der Waals surface area contributed by atoms with Gasteiger partial charge in [0.1, 0.15) is 5.75 Å². The first-order valence-electron chi connectivity index (χ1n) is 10.2. The summed E-state index contributed by atoms with van der Waals surface area (Å²) in [4.78, 5) is 39.4. The number of rotatable bonds is 4. The van der Waals surface area contributed by atoms with Crippen LogP contribution in [0.5, 0.6) is 5.75 Å². The van der Waals surface area contributed by atoms with E-state index in [1.54, 1.807) is 17.9 Å². The average Bonchev–Trinajstić information content (AvgIpc) is 3.20. The molecular weight excluding hydrogens is 483 g/mol. The fourth-order valence-electron chi connectivity index (χ4n) is 3.82. The summed E-state index contributed by atoms with van der Waals surface area (Å²) in [6.45, 7) is 0.0828. The van der Waals surface area contributed by atoms with Crippen molar-refractivity contribution in [3.05, 3.63) is 69.5 Å². The number of phenolic OH excluding ortho intramolecular Hbond substituents is 1. The predicted octanol–water partition coefficient (Wildman–Crippen LogP) is 3.68. The number of esters is 1. The molecule has 0 radical (unpaired) electrons. The molecule has 1 atom stereocenters. The van der Waals surface area contributed by atoms with E-state index in [-0.39, 0.29) is 34.1 Å². The second-order valence-corrected chi connectivity index (χ2v) is 8.57. The summed E-state index contributed by atoms with van der Waals surface area (Å²) in [5.74, 6) is -2.31. The van der Waals surface area contributed by atoms with Crippen LogP contribution in [0.15, 0.2) is 42.6 Å². The van der Waals surface area contributed by atoms with Crippen molar-refractivity contribution in [2.24, 2.45) is 13.0 Å². The number of methoxy groups -OCH3 is 1. The number of amides is 2. The lowest BCUT2D eigenvalue weighted by atomic mass is 9.96. The third-order valence-corrected chi connectivity index (χ3v) is 6.36. The van der Waals surface area contributed by atoms with E-state index in [4.69, 9.17) is 27.9 Å². The highest BCUT2D eigenvalue weighted by atomic mass is 35.5. The minimum atomic E-state index is -0.566. The molecule has 0 spiro atoms. The molecule has 1 aliphatic rings. The van der Waals surface area contributed by atoms with Gasteiger partial charge in [0.05, 0.1) is 46.2 Å². The zero-order chi connectivity index (χ0) is 24.6. The van der Waals surface area contributed by atoms with Crippen LogP contribution in [-0.2, 0) is 23.0 Å². The number of benzene rings is 2. The molecule has 0 bridgehead atoms. The van der Waals surface area contributed by atoms with Crippen LogP contribution < -0.4 is 10.2 Å². The topological polar surface area (TPSA) is 114 Å². The normalized spacial score (nSPS) is 14.9. The molecule has 9 nitrogen and oxygen atoms in total. The number of aryl methyl sites for hydroxylation is 1. The summed E-state index contributed by atoms with van der Waals surface area (Å²) >= 11 is 11.8. The SMILES string of the molecule is COC(=O)C1Cc2c(cnn2C)N(C(=O)c2ccc(NC(=O)c3ccc(Cl)c(Cl)c3)cc2O)C1. The Hall–Kier alpha value is -3.56. The first kappa shape index (κ1) is 23.6. The van der Waals surface area contributed by atoms with E-state index < -0.39 is 23.7 Å². The molecule has 1 aromatic heterocycles. The maximum atomic E-state index is 13.3. The van der Waals surface area contributed by atoms with Gasteiger partial charge in [0.2, 0.25) is 0 Å². The molecule has 1 aliphatic heterocycles. The third-order valence-electron chi connectivity index (χ3n) is 5.62. The number of halogens is 2. The number of hydrogen-bond donors (Lipinski definition) is 2. The monoisotopic (exact) mass is 502 g/mol. The van der Waals surface area contributed by atoms with Crippen LogP contribution in [0.3, 0.4) is 0 Å². The van der Waals surface area contributed by atoms with Crippen molar-refractivity contribution in [1.82, 2.24) is 9.78 Å². The van der Waals surface area contributed by atoms with Crippen molar-refractivity contribution in [3.8, 4) is 5.75 Å². The fraction of sp³-hybridized carbons (Fsp3) is 0.217. The van der Waals surface area contributed by atoms with Crippen molar-refractivity contribution in [3.63, 3.8) is 0 Å². The van der Waals surface area contributed by atoms with Gasteiger partial charge in [-0.05, 0) is 30.3 Å². The molecular formula is C23H20Cl2N4O5. The Kier molecular flexibility index (Phi) is 6.49. The number of nitrogens with one attached hydrogen (secondary N) is 1. The summed E-state index contributed by atoms with van der Waals surface area (Å²) in [7, 11) is 3.02. The van der Waals surface area contributed by atoms with Crippen LogP contribution in [0.4, 0.5) is 11.4 Å². The number of ether oxygens (including phenoxy) is 1. The summed E-state index contributed by atoms with van der Waals surface area (Å²) in [5, 5.41) is 18.0. The molecule has 0 aliphatic carbocycles. The number of carbonyl (C=O) groups is 3. The van der Waals surface area contributed by atoms with E-state index in [2.05, 4.69) is 10.4 Å². The largest absolute Gasteiger partial charge is 0.507 e. The van der Waals surface area contributed by atoms with E-state index in [1.165, 1.54) is 48.4 Å². The van der Waals surface area contributed by atoms with Crippen molar-refractivity contribution in [1.29, 1.82) is 0 Å². The fourth-order valence-corrected chi connectivity index (χ4v) is 4.12. The maximum Gasteiger partial charge on any atom is 0.310 e. The third kappa shape index (κ3) is 4.44. The van der Waals surface area contributed by atoms with Gasteiger partial charge in [-0.2, -0.15) is 5.10 Å². The Labute approximate surface area is 204 Å². The van der Waals surface area contributed by atoms with Gasteiger partial charge in [0.15, 0.2) is 0 Å². The van der Waals surface area contributed by atoms with Crippen LogP contribution in [0, 0.1) is 5.92 Å². The minimum Gasteiger partial charge on any atom is -0.507 e. The Morgan fingerprint density at radius 2 is 1.91 bits per heavy atom. The van der Waals surface area contributed by atoms with E-state index in [9.17, 15) is 19.5 Å². The number of carbonyl (C=O) groups excluding carboxylic acids is 3. The van der Waals surface area contributed by atoms with E-state index in [1.807, 2.05) is 0 Å². The molecule has 0 saturated carbocycles. The first-order chi connectivity index (χ1) is 16.2. The molecule has 2 heterocycles. The van der Waals surface area contributed by atoms with Gasteiger partial charge in [-0.1, -0.05) is 23.2 Å². The van der Waals surface area contributed by atoms with Gasteiger partial charge in [-0.25, -0.2) is 0 Å². The Morgan fingerprint density at radius 1 is 1.15 bits per heavy atom. The molecule has 1 unspecified atom stereocenters. The van der Waals surface area contributed by atoms with E-state index in [0.29, 0.717) is 22.8 Å². The van der Waals surface area contributed by atoms with Gasteiger partial charge < -0.3 is 20.1 Å². The van der Waals surface area contributed by atoms with Gasteiger partial charge in [-0.3, -0.25) is 19.1 Å². The highest BCUT2D eigenvalue weighted by Gasteiger charge is 2.36. The lowest BCUT2D eigenvalue weighted by molar-refractivity contribution is -0.145. The zero-order valence-electron chi connectivity index (χ0n) is 18.2. The van der Waals surface area contributed by atoms with Gasteiger partial charge in [0, 0.05) is 37.3 Å². The van der Waals surface area contributed by atoms with Crippen molar-refractivity contribution in [2.75, 3.05) is 23.9 Å². The van der Waals surface area contributed by atoms with Gasteiger partial charge >= 0.3 is 5.97 Å². The number of phenols is 1. The van der Waals surface area contributed by atoms with Crippen LogP contribution in [0.1, 0.15) is 26.4 Å². The number of aromatic hydroxyl groups is 1. The summed E-state index contributed by atoms with van der Waals surface area (Å²) in [6, 6.07) is 8.62. The summed E-state index contributed by atoms with van der Waals surface area (Å²) in [5.41, 5.74) is 1.83. The van der Waals surface area contributed by atoms with E-state index >= 15 is 0 Å². The van der Waals surface area contributed by atoms with Crippen LogP contribution in [0.2, 0.25) is 10.0 Å². The smallest absolute Gasteiger partial charge is 0.310 e. The van der Waals surface area contributed by atoms with Crippen molar-refractivity contribution < 1.29 is 24.2 Å². The highest BCUT2D eigenvalue weighted by Crippen LogP contribution is 2.33. The quantitative estimate of drug-likeness (QED) is 0.526. The van der Waals surface area contributed by atoms with Crippen LogP contribution >= 0.6 is 23.2 Å². The van der Waals surface area contributed by atoms with E-state index in [0.717, 1.165) is 0 Å². The van der Waals surface area contributed by atoms with Crippen LogP contribution in [-0.4, -0.2) is 46.3 Å². The molecule has 0 saturated heterocycles. The minimum absolute atomic E-state index is 0.00727. The van der Waals surface area contributed by atoms with Crippen molar-refractivity contribution >= 4 is 52.4 Å². The van der Waals surface area contributed by atoms with Gasteiger partial charge in [0.25, 0.3) is 11.8 Å². The lowest BCUT2D eigenvalue weighted by Gasteiger charge is -2.31. The Morgan fingerprint density at radius 3 is 2.59 bits per heavy atom. The number of hydrogen-bond acceptors (Lipinski definition) is 6. The molecule has 3 aromatic rings. The van der Waals surface area contributed by atoms with Gasteiger partial charge in [-0.15, -0.1) is 0 Å². The molecule has 11 heteroatoms. The molecule has 176 valence electrons. The molecule has 0 fully saturated rings. The van der Waals surface area contributed by atoms with Crippen LogP contribution in [0.25, 0.3) is 0 Å². The number of anilines is 2. The number of fused-ring (bicyclic) bond motifs is 1. The van der Waals surface area contributed by atoms with Crippen molar-refractivity contribution in [2.45, 2.75) is 6.42 Å². The second kappa shape index (κ2) is 9.36. The molecule has 34 heavy (non-hydrogen) atoms. The zero-order valence-corrected chi connectivity index (χ0v) is 19.7. The first-order valence-corrected chi connectivity index (χ1v) is 10.9. The number of nitrogens with zero attached hydrogens (tertiary/aromatic N) is 3. The second-order valence-electron chi connectivity index (χ2n) is 7.76. The maximum absolute atomic E-state index is 13.3. The predicted molar refractivity (Wildman–Crippen MR) is 127 cm³/mol. The standard InChI is InChI=1S/C23H20Cl2N4O5/c1-28-18-8-13(23(33)34-2)11-29(19(18)10-26-28)22(32)15-5-4-14(9-20(15)30)27-21(31)12-3-6-16(24)17(25)7-12/h3-7,9-10,13,30H,8,11H2,1-2H3,(H,27,31). The molecule has 4 rings (SSSR count). The lowest BCUT2D eigenvalue weighted by Crippen LogP contribution is -2.43. The average molecular weight is 503 g/mol.